The van der Waals surface area contributed by atoms with Crippen LogP contribution in [-0.2, 0) is 9.47 Å². The number of nitrogens with one attached hydrogen (secondary N) is 2. The average Bonchev–Trinajstić information content (AvgIpc) is 3.22. The van der Waals surface area contributed by atoms with E-state index in [1.165, 1.54) is 0 Å². The number of carbonyl (C=O) groups is 1. The highest BCUT2D eigenvalue weighted by molar-refractivity contribution is 5.99. The summed E-state index contributed by atoms with van der Waals surface area (Å²) >= 11 is 0. The largest absolute Gasteiger partial charge is 0.389 e. The summed E-state index contributed by atoms with van der Waals surface area (Å²) in [5, 5.41) is 15.3. The number of aromatic nitrogens is 3. The third-order valence-corrected chi connectivity index (χ3v) is 7.75. The van der Waals surface area contributed by atoms with Crippen LogP contribution >= 0.6 is 0 Å². The number of aliphatic hydroxyl groups is 1. The van der Waals surface area contributed by atoms with Gasteiger partial charge in [-0.1, -0.05) is 12.1 Å². The first kappa shape index (κ1) is 25.7. The number of ether oxygens (including phenoxy) is 2. The topological polar surface area (TPSA) is 122 Å². The van der Waals surface area contributed by atoms with Crippen molar-refractivity contribution >= 4 is 23.4 Å². The van der Waals surface area contributed by atoms with Crippen LogP contribution in [0, 0.1) is 0 Å². The quantitative estimate of drug-likeness (QED) is 0.426. The van der Waals surface area contributed by atoms with Crippen LogP contribution in [0.25, 0.3) is 11.4 Å². The number of aliphatic hydroxyl groups excluding tert-OH is 1. The number of amides is 2. The van der Waals surface area contributed by atoms with Gasteiger partial charge in [0.15, 0.2) is 5.82 Å². The fourth-order valence-corrected chi connectivity index (χ4v) is 5.56. The Balaban J connectivity index is 1.20. The van der Waals surface area contributed by atoms with Gasteiger partial charge in [0.2, 0.25) is 5.95 Å². The lowest BCUT2D eigenvalue weighted by atomic mass is 9.99. The van der Waals surface area contributed by atoms with Crippen molar-refractivity contribution in [2.45, 2.75) is 56.7 Å². The molecule has 0 spiro atoms. The minimum absolute atomic E-state index is 0.247. The normalized spacial score (nSPS) is 21.9. The van der Waals surface area contributed by atoms with Crippen molar-refractivity contribution in [1.29, 1.82) is 0 Å². The molecular weight excluding hydrogens is 496 g/mol. The van der Waals surface area contributed by atoms with Crippen molar-refractivity contribution in [3.63, 3.8) is 0 Å². The molecule has 39 heavy (non-hydrogen) atoms. The molecule has 2 amide bonds. The number of hydrogen-bond acceptors (Lipinski definition) is 8. The second-order valence-corrected chi connectivity index (χ2v) is 10.5. The molecule has 3 atom stereocenters. The van der Waals surface area contributed by atoms with E-state index in [1.54, 1.807) is 31.2 Å². The maximum Gasteiger partial charge on any atom is 0.323 e. The second-order valence-electron chi connectivity index (χ2n) is 10.5. The van der Waals surface area contributed by atoms with E-state index in [0.29, 0.717) is 42.5 Å². The Labute approximate surface area is 227 Å². The van der Waals surface area contributed by atoms with E-state index in [1.807, 2.05) is 24.3 Å². The van der Waals surface area contributed by atoms with E-state index in [2.05, 4.69) is 15.5 Å². The highest BCUT2D eigenvalue weighted by Crippen LogP contribution is 2.34. The molecule has 3 aliphatic heterocycles. The summed E-state index contributed by atoms with van der Waals surface area (Å²) in [7, 11) is 0. The van der Waals surface area contributed by atoms with Crippen LogP contribution < -0.4 is 15.5 Å². The Kier molecular flexibility index (Phi) is 7.40. The zero-order valence-corrected chi connectivity index (χ0v) is 22.0. The molecule has 2 bridgehead atoms. The molecule has 3 aliphatic rings. The summed E-state index contributed by atoms with van der Waals surface area (Å²) in [5.41, 5.74) is 2.96. The number of carbonyl (C=O) groups excluding carboxylic acids is 1. The molecule has 3 unspecified atom stereocenters. The molecule has 1 aromatic heterocycles. The third kappa shape index (κ3) is 5.73. The predicted molar refractivity (Wildman–Crippen MR) is 148 cm³/mol. The Morgan fingerprint density at radius 1 is 0.872 bits per heavy atom. The van der Waals surface area contributed by atoms with Crippen LogP contribution in [0.1, 0.15) is 56.0 Å². The lowest BCUT2D eigenvalue weighted by Gasteiger charge is -2.35. The van der Waals surface area contributed by atoms with Crippen molar-refractivity contribution in [2.75, 3.05) is 42.0 Å². The Morgan fingerprint density at radius 3 is 2.10 bits per heavy atom. The standard InChI is InChI=1S/C29H34N6O4/c1-18(36)19-2-6-22(7-3-19)30-29(37)31-23-8-4-20(5-9-23)26-32-27(21-12-14-38-15-13-21)34-28(33-26)35-24-10-11-25(35)17-39-16-24/h2-9,18,21,24-25,36H,10-17H2,1H3,(H2,30,31,37). The van der Waals surface area contributed by atoms with E-state index < -0.39 is 6.10 Å². The molecule has 3 fully saturated rings. The fourth-order valence-electron chi connectivity index (χ4n) is 5.56. The minimum Gasteiger partial charge on any atom is -0.389 e. The molecule has 3 N–H and O–H groups in total. The number of benzene rings is 2. The Bertz CT molecular complexity index is 1280. The van der Waals surface area contributed by atoms with Crippen molar-refractivity contribution in [3.05, 3.63) is 59.9 Å². The molecule has 4 heterocycles. The van der Waals surface area contributed by atoms with E-state index >= 15 is 0 Å². The summed E-state index contributed by atoms with van der Waals surface area (Å²) in [6.45, 7) is 4.55. The molecule has 0 radical (unpaired) electrons. The average molecular weight is 531 g/mol. The first-order chi connectivity index (χ1) is 19.0. The smallest absolute Gasteiger partial charge is 0.323 e. The molecular formula is C29H34N6O4. The van der Waals surface area contributed by atoms with Gasteiger partial charge in [-0.05, 0) is 74.6 Å². The highest BCUT2D eigenvalue weighted by Gasteiger charge is 2.39. The van der Waals surface area contributed by atoms with Gasteiger partial charge in [0.05, 0.1) is 31.4 Å². The van der Waals surface area contributed by atoms with Gasteiger partial charge in [-0.2, -0.15) is 9.97 Å². The lowest BCUT2D eigenvalue weighted by Crippen LogP contribution is -2.47. The van der Waals surface area contributed by atoms with E-state index in [9.17, 15) is 9.90 Å². The van der Waals surface area contributed by atoms with Crippen LogP contribution in [0.5, 0.6) is 0 Å². The van der Waals surface area contributed by atoms with Crippen LogP contribution in [-0.4, -0.2) is 64.6 Å². The fraction of sp³-hybridized carbons (Fsp3) is 0.448. The van der Waals surface area contributed by atoms with E-state index in [4.69, 9.17) is 24.4 Å². The molecule has 10 heteroatoms. The van der Waals surface area contributed by atoms with Crippen molar-refractivity contribution in [1.82, 2.24) is 15.0 Å². The number of rotatable bonds is 6. The first-order valence-electron chi connectivity index (χ1n) is 13.7. The minimum atomic E-state index is -0.552. The molecule has 0 saturated carbocycles. The van der Waals surface area contributed by atoms with Crippen LogP contribution in [0.4, 0.5) is 22.1 Å². The zero-order valence-electron chi connectivity index (χ0n) is 22.0. The summed E-state index contributed by atoms with van der Waals surface area (Å²) in [6.07, 6.45) is 3.43. The third-order valence-electron chi connectivity index (χ3n) is 7.75. The lowest BCUT2D eigenvalue weighted by molar-refractivity contribution is 0.0831. The van der Waals surface area contributed by atoms with Crippen LogP contribution in [0.2, 0.25) is 0 Å². The van der Waals surface area contributed by atoms with Gasteiger partial charge in [0, 0.05) is 36.1 Å². The SMILES string of the molecule is CC(O)c1ccc(NC(=O)Nc2ccc(-c3nc(C4CCOCC4)nc(N4C5CCC4COC5)n3)cc2)cc1. The van der Waals surface area contributed by atoms with Crippen molar-refractivity contribution in [3.8, 4) is 11.4 Å². The Hall–Kier alpha value is -3.60. The van der Waals surface area contributed by atoms with E-state index in [-0.39, 0.29) is 11.9 Å². The zero-order chi connectivity index (χ0) is 26.8. The van der Waals surface area contributed by atoms with Gasteiger partial charge < -0.3 is 30.1 Å². The van der Waals surface area contributed by atoms with Gasteiger partial charge in [0.25, 0.3) is 0 Å². The van der Waals surface area contributed by atoms with Crippen molar-refractivity contribution < 1.29 is 19.4 Å². The molecule has 6 rings (SSSR count). The Morgan fingerprint density at radius 2 is 1.49 bits per heavy atom. The second kappa shape index (κ2) is 11.3. The summed E-state index contributed by atoms with van der Waals surface area (Å²) in [5.74, 6) is 2.45. The van der Waals surface area contributed by atoms with Gasteiger partial charge in [-0.3, -0.25) is 0 Å². The van der Waals surface area contributed by atoms with Crippen LogP contribution in [0.15, 0.2) is 48.5 Å². The van der Waals surface area contributed by atoms with E-state index in [0.717, 1.165) is 61.8 Å². The molecule has 3 aromatic rings. The maximum atomic E-state index is 12.5. The number of hydrogen-bond donors (Lipinski definition) is 3. The number of urea groups is 1. The molecule has 3 saturated heterocycles. The van der Waals surface area contributed by atoms with Crippen LogP contribution in [0.3, 0.4) is 0 Å². The predicted octanol–water partition coefficient (Wildman–Crippen LogP) is 4.50. The summed E-state index contributed by atoms with van der Waals surface area (Å²) in [6, 6.07) is 14.9. The summed E-state index contributed by atoms with van der Waals surface area (Å²) in [4.78, 5) is 29.7. The number of morpholine rings is 1. The summed E-state index contributed by atoms with van der Waals surface area (Å²) < 4.78 is 11.4. The van der Waals surface area contributed by atoms with Crippen molar-refractivity contribution in [2.24, 2.45) is 0 Å². The molecule has 204 valence electrons. The first-order valence-corrected chi connectivity index (χ1v) is 13.7. The maximum absolute atomic E-state index is 12.5. The number of nitrogens with zero attached hydrogens (tertiary/aromatic N) is 4. The monoisotopic (exact) mass is 530 g/mol. The van der Waals surface area contributed by atoms with Gasteiger partial charge in [-0.25, -0.2) is 9.78 Å². The number of anilines is 3. The molecule has 2 aromatic carbocycles. The molecule has 10 nitrogen and oxygen atoms in total. The van der Waals surface area contributed by atoms with Gasteiger partial charge in [0.1, 0.15) is 5.82 Å². The highest BCUT2D eigenvalue weighted by atomic mass is 16.5. The number of fused-ring (bicyclic) bond motifs is 2. The molecule has 0 aliphatic carbocycles. The van der Waals surface area contributed by atoms with Gasteiger partial charge >= 0.3 is 6.03 Å². The van der Waals surface area contributed by atoms with Gasteiger partial charge in [-0.15, -0.1) is 0 Å².